The van der Waals surface area contributed by atoms with Crippen molar-refractivity contribution in [2.24, 2.45) is 31.3 Å². The van der Waals surface area contributed by atoms with Crippen LogP contribution in [0.5, 0.6) is 11.5 Å². The number of aryl methyl sites for hydroxylation is 2. The monoisotopic (exact) mass is 595 g/mol. The van der Waals surface area contributed by atoms with E-state index in [1.165, 1.54) is 18.7 Å². The number of aliphatic carboxylic acids is 3. The van der Waals surface area contributed by atoms with E-state index in [2.05, 4.69) is 9.97 Å². The predicted octanol–water partition coefficient (Wildman–Crippen LogP) is -0.270. The lowest BCUT2D eigenvalue weighted by Gasteiger charge is -2.19. The number of nitrogens with zero attached hydrogens (tertiary/aromatic N) is 4. The van der Waals surface area contributed by atoms with Gasteiger partial charge in [-0.25, -0.2) is 9.97 Å². The second-order valence-corrected chi connectivity index (χ2v) is 10.9. The maximum absolute atomic E-state index is 11.7. The molecule has 2 aromatic heterocycles. The van der Waals surface area contributed by atoms with Gasteiger partial charge in [0, 0.05) is 38.3 Å². The minimum absolute atomic E-state index is 0.0684. The number of phenolic OH excluding ortho intramolecular Hbond substituents is 2. The van der Waals surface area contributed by atoms with Crippen molar-refractivity contribution in [1.29, 1.82) is 0 Å². The summed E-state index contributed by atoms with van der Waals surface area (Å²) in [6.45, 7) is 0. The third-order valence-electron chi connectivity index (χ3n) is 5.81. The Bertz CT molecular complexity index is 1440. The van der Waals surface area contributed by atoms with Gasteiger partial charge in [-0.1, -0.05) is 23.5 Å². The molecular formula is C23H29N7O8S2. The molecule has 0 saturated carbocycles. The third kappa shape index (κ3) is 6.86. The zero-order chi connectivity index (χ0) is 29.9. The van der Waals surface area contributed by atoms with Crippen molar-refractivity contribution in [3.8, 4) is 11.5 Å². The fourth-order valence-corrected chi connectivity index (χ4v) is 5.97. The first kappa shape index (κ1) is 30.8. The van der Waals surface area contributed by atoms with Gasteiger partial charge in [0.1, 0.15) is 28.2 Å². The van der Waals surface area contributed by atoms with Crippen LogP contribution in [0.15, 0.2) is 38.6 Å². The summed E-state index contributed by atoms with van der Waals surface area (Å²) >= 11 is 1.99. The maximum Gasteiger partial charge on any atom is 0.320 e. The van der Waals surface area contributed by atoms with Crippen molar-refractivity contribution in [2.75, 3.05) is 0 Å². The van der Waals surface area contributed by atoms with Crippen LogP contribution in [0.2, 0.25) is 0 Å². The number of carboxylic acid groups (broad SMARTS) is 3. The Balaban J connectivity index is 2.15. The van der Waals surface area contributed by atoms with Gasteiger partial charge in [0.2, 0.25) is 0 Å². The smallest absolute Gasteiger partial charge is 0.320 e. The fraction of sp³-hybridized carbons (Fsp3) is 0.348. The minimum atomic E-state index is -1.39. The lowest BCUT2D eigenvalue weighted by Crippen LogP contribution is -2.33. The first-order valence-electron chi connectivity index (χ1n) is 11.6. The maximum atomic E-state index is 11.7. The largest absolute Gasteiger partial charge is 0.504 e. The zero-order valence-electron chi connectivity index (χ0n) is 21.4. The van der Waals surface area contributed by atoms with Crippen molar-refractivity contribution >= 4 is 41.4 Å². The van der Waals surface area contributed by atoms with Gasteiger partial charge in [-0.2, -0.15) is 0 Å². The summed E-state index contributed by atoms with van der Waals surface area (Å²) in [7, 11) is 3.30. The topological polar surface area (TPSA) is 266 Å². The Hall–Kier alpha value is -3.77. The molecule has 0 spiro atoms. The second kappa shape index (κ2) is 12.6. The Morgan fingerprint density at radius 3 is 1.68 bits per heavy atom. The highest BCUT2D eigenvalue weighted by Gasteiger charge is 2.28. The van der Waals surface area contributed by atoms with Crippen LogP contribution in [-0.2, 0) is 47.7 Å². The minimum Gasteiger partial charge on any atom is -0.504 e. The molecule has 0 aliphatic carbocycles. The number of aromatic nitrogens is 4. The van der Waals surface area contributed by atoms with E-state index in [4.69, 9.17) is 17.2 Å². The van der Waals surface area contributed by atoms with Gasteiger partial charge in [-0.15, -0.1) is 0 Å². The van der Waals surface area contributed by atoms with Gasteiger partial charge < -0.3 is 51.9 Å². The Morgan fingerprint density at radius 2 is 1.23 bits per heavy atom. The van der Waals surface area contributed by atoms with Crippen LogP contribution in [-0.4, -0.2) is 80.7 Å². The molecule has 15 nitrogen and oxygen atoms in total. The second-order valence-electron chi connectivity index (χ2n) is 8.92. The van der Waals surface area contributed by atoms with Crippen molar-refractivity contribution in [3.05, 3.63) is 35.7 Å². The summed E-state index contributed by atoms with van der Waals surface area (Å²) in [5.41, 5.74) is 18.2. The molecule has 0 amide bonds. The molecular weight excluding hydrogens is 566 g/mol. The number of benzene rings is 1. The highest BCUT2D eigenvalue weighted by atomic mass is 32.2. The van der Waals surface area contributed by atoms with Gasteiger partial charge in [-0.05, 0) is 11.6 Å². The summed E-state index contributed by atoms with van der Waals surface area (Å²) in [5.74, 6) is -4.82. The number of rotatable bonds is 13. The van der Waals surface area contributed by atoms with E-state index in [1.807, 2.05) is 0 Å². The molecule has 2 heterocycles. The third-order valence-corrected chi connectivity index (χ3v) is 8.47. The molecule has 0 fully saturated rings. The molecule has 0 aliphatic heterocycles. The van der Waals surface area contributed by atoms with E-state index in [0.717, 1.165) is 23.5 Å². The molecule has 17 heteroatoms. The van der Waals surface area contributed by atoms with Gasteiger partial charge >= 0.3 is 17.9 Å². The molecule has 3 rings (SSSR count). The molecule has 0 saturated heterocycles. The predicted molar refractivity (Wildman–Crippen MR) is 142 cm³/mol. The van der Waals surface area contributed by atoms with E-state index in [9.17, 15) is 39.9 Å². The number of hydrogen-bond donors (Lipinski definition) is 8. The van der Waals surface area contributed by atoms with Crippen molar-refractivity contribution < 1.29 is 39.9 Å². The summed E-state index contributed by atoms with van der Waals surface area (Å²) in [6.07, 6.45) is 2.39. The quantitative estimate of drug-likeness (QED) is 0.118. The SMILES string of the molecule is Cn1cnc(CC(N)C(=O)O)c1Sc1cc(O)c(O)c(Sc2c(CC(N)C(=O)O)ncn2C)c1CC(N)C(=O)O. The normalized spacial score (nSPS) is 13.6. The van der Waals surface area contributed by atoms with Crippen LogP contribution in [0.4, 0.5) is 0 Å². The number of imidazole rings is 2. The van der Waals surface area contributed by atoms with Crippen LogP contribution < -0.4 is 17.2 Å². The number of aromatic hydroxyl groups is 2. The first-order chi connectivity index (χ1) is 18.7. The Labute approximate surface area is 236 Å². The van der Waals surface area contributed by atoms with Crippen LogP contribution >= 0.6 is 23.5 Å². The molecule has 0 bridgehead atoms. The summed E-state index contributed by atoms with van der Waals surface area (Å²) in [4.78, 5) is 43.1. The molecule has 3 unspecified atom stereocenters. The lowest BCUT2D eigenvalue weighted by molar-refractivity contribution is -0.139. The summed E-state index contributed by atoms with van der Waals surface area (Å²) < 4.78 is 3.18. The Morgan fingerprint density at radius 1 is 0.800 bits per heavy atom. The molecule has 216 valence electrons. The molecule has 1 aromatic carbocycles. The lowest BCUT2D eigenvalue weighted by atomic mass is 10.1. The average Bonchev–Trinajstić information content (AvgIpc) is 3.40. The van der Waals surface area contributed by atoms with E-state index >= 15 is 0 Å². The van der Waals surface area contributed by atoms with Gasteiger partial charge in [0.15, 0.2) is 11.5 Å². The van der Waals surface area contributed by atoms with E-state index < -0.39 is 47.5 Å². The molecule has 0 radical (unpaired) electrons. The molecule has 3 aromatic rings. The van der Waals surface area contributed by atoms with Gasteiger partial charge in [0.05, 0.1) is 28.9 Å². The number of carboxylic acids is 3. The number of carbonyl (C=O) groups is 3. The van der Waals surface area contributed by atoms with Crippen LogP contribution in [0, 0.1) is 0 Å². The fourth-order valence-electron chi connectivity index (χ4n) is 3.62. The van der Waals surface area contributed by atoms with Crippen molar-refractivity contribution in [3.63, 3.8) is 0 Å². The van der Waals surface area contributed by atoms with Crippen LogP contribution in [0.3, 0.4) is 0 Å². The number of nitrogens with two attached hydrogens (primary N) is 3. The average molecular weight is 596 g/mol. The first-order valence-corrected chi connectivity index (χ1v) is 13.2. The van der Waals surface area contributed by atoms with Gasteiger partial charge in [-0.3, -0.25) is 14.4 Å². The van der Waals surface area contributed by atoms with E-state index in [-0.39, 0.29) is 29.7 Å². The highest BCUT2D eigenvalue weighted by molar-refractivity contribution is 8.00. The van der Waals surface area contributed by atoms with E-state index in [1.54, 1.807) is 23.2 Å². The molecule has 0 aliphatic rings. The van der Waals surface area contributed by atoms with Gasteiger partial charge in [0.25, 0.3) is 0 Å². The van der Waals surface area contributed by atoms with Crippen LogP contribution in [0.1, 0.15) is 17.0 Å². The van der Waals surface area contributed by atoms with Crippen LogP contribution in [0.25, 0.3) is 0 Å². The molecule has 11 N–H and O–H groups in total. The van der Waals surface area contributed by atoms with Crippen molar-refractivity contribution in [1.82, 2.24) is 19.1 Å². The highest BCUT2D eigenvalue weighted by Crippen LogP contribution is 2.48. The number of phenols is 2. The summed E-state index contributed by atoms with van der Waals surface area (Å²) in [5, 5.41) is 50.4. The zero-order valence-corrected chi connectivity index (χ0v) is 23.0. The van der Waals surface area contributed by atoms with Crippen molar-refractivity contribution in [2.45, 2.75) is 57.2 Å². The van der Waals surface area contributed by atoms with E-state index in [0.29, 0.717) is 26.3 Å². The standard InChI is InChI=1S/C23H29N7O8S2/c1-29-7-27-13(4-11(25)22(35)36)19(29)39-16-6-15(31)17(32)18(9(16)3-10(24)21(33)34)40-20-14(28-8-30(20)2)5-12(26)23(37)38/h6-8,10-12,31-32H,3-5,24-26H2,1-2H3,(H,33,34)(H,35,36)(H,37,38). The molecule has 40 heavy (non-hydrogen) atoms. The number of hydrogen-bond acceptors (Lipinski definition) is 12. The Kier molecular flexibility index (Phi) is 9.69. The summed E-state index contributed by atoms with van der Waals surface area (Å²) in [6, 6.07) is -2.63. The molecule has 3 atom stereocenters.